The standard InChI is InChI=1S/C18H24N4O2/c23-13-15-11-22(17-19-6-2-7-20-17)14-18(15)4-8-21(9-5-18)12-16-3-1-10-24-16/h1-3,6-7,10,15,23H,4-5,8-9,11-14H2. The first-order valence-electron chi connectivity index (χ1n) is 8.67. The Morgan fingerprint density at radius 3 is 2.67 bits per heavy atom. The van der Waals surface area contributed by atoms with Crippen molar-refractivity contribution in [3.8, 4) is 0 Å². The zero-order valence-corrected chi connectivity index (χ0v) is 13.8. The number of likely N-dealkylation sites (tertiary alicyclic amines) is 1. The third kappa shape index (κ3) is 2.91. The van der Waals surface area contributed by atoms with Crippen LogP contribution in [0.1, 0.15) is 18.6 Å². The third-order valence-corrected chi connectivity index (χ3v) is 5.68. The molecule has 0 bridgehead atoms. The van der Waals surface area contributed by atoms with Crippen LogP contribution in [0.2, 0.25) is 0 Å². The summed E-state index contributed by atoms with van der Waals surface area (Å²) in [5.74, 6) is 2.10. The summed E-state index contributed by atoms with van der Waals surface area (Å²) >= 11 is 0. The van der Waals surface area contributed by atoms with Crippen molar-refractivity contribution in [2.45, 2.75) is 19.4 Å². The van der Waals surface area contributed by atoms with E-state index in [1.54, 1.807) is 18.7 Å². The molecule has 4 rings (SSSR count). The summed E-state index contributed by atoms with van der Waals surface area (Å²) in [6.45, 7) is 4.98. The van der Waals surface area contributed by atoms with Gasteiger partial charge >= 0.3 is 0 Å². The van der Waals surface area contributed by atoms with Gasteiger partial charge in [0.05, 0.1) is 12.8 Å². The molecule has 1 atom stereocenters. The Morgan fingerprint density at radius 1 is 1.21 bits per heavy atom. The maximum absolute atomic E-state index is 9.93. The average Bonchev–Trinajstić information content (AvgIpc) is 3.26. The van der Waals surface area contributed by atoms with Crippen molar-refractivity contribution in [3.05, 3.63) is 42.6 Å². The molecule has 2 aromatic heterocycles. The molecule has 2 aromatic rings. The van der Waals surface area contributed by atoms with Crippen LogP contribution >= 0.6 is 0 Å². The van der Waals surface area contributed by atoms with E-state index in [2.05, 4.69) is 19.8 Å². The van der Waals surface area contributed by atoms with Crippen molar-refractivity contribution >= 4 is 5.95 Å². The fourth-order valence-corrected chi connectivity index (χ4v) is 4.24. The van der Waals surface area contributed by atoms with Gasteiger partial charge in [-0.05, 0) is 49.5 Å². The lowest BCUT2D eigenvalue weighted by molar-refractivity contribution is 0.0481. The molecule has 0 radical (unpaired) electrons. The van der Waals surface area contributed by atoms with Crippen LogP contribution in [0.5, 0.6) is 0 Å². The molecule has 4 heterocycles. The molecule has 24 heavy (non-hydrogen) atoms. The average molecular weight is 328 g/mol. The van der Waals surface area contributed by atoms with E-state index in [4.69, 9.17) is 4.42 Å². The van der Waals surface area contributed by atoms with Gasteiger partial charge in [0, 0.05) is 38.0 Å². The number of rotatable bonds is 4. The fourth-order valence-electron chi connectivity index (χ4n) is 4.24. The predicted molar refractivity (Wildman–Crippen MR) is 90.5 cm³/mol. The summed E-state index contributed by atoms with van der Waals surface area (Å²) in [4.78, 5) is 13.4. The van der Waals surface area contributed by atoms with Crippen molar-refractivity contribution < 1.29 is 9.52 Å². The molecule has 0 aromatic carbocycles. The Bertz CT molecular complexity index is 638. The number of hydrogen-bond donors (Lipinski definition) is 1. The first-order chi connectivity index (χ1) is 11.8. The van der Waals surface area contributed by atoms with Gasteiger partial charge in [0.25, 0.3) is 0 Å². The number of aliphatic hydroxyl groups is 1. The first-order valence-corrected chi connectivity index (χ1v) is 8.67. The number of anilines is 1. The second kappa shape index (κ2) is 6.53. The Morgan fingerprint density at radius 2 is 2.00 bits per heavy atom. The largest absolute Gasteiger partial charge is 0.468 e. The molecule has 0 aliphatic carbocycles. The maximum atomic E-state index is 9.93. The zero-order chi connectivity index (χ0) is 16.4. The molecule has 1 N–H and O–H groups in total. The lowest BCUT2D eigenvalue weighted by Crippen LogP contribution is -2.44. The molecule has 128 valence electrons. The Balaban J connectivity index is 1.43. The topological polar surface area (TPSA) is 65.6 Å². The van der Waals surface area contributed by atoms with Crippen molar-refractivity contribution in [1.82, 2.24) is 14.9 Å². The summed E-state index contributed by atoms with van der Waals surface area (Å²) in [6, 6.07) is 5.81. The van der Waals surface area contributed by atoms with E-state index in [1.165, 1.54) is 0 Å². The van der Waals surface area contributed by atoms with E-state index < -0.39 is 0 Å². The van der Waals surface area contributed by atoms with Crippen LogP contribution in [-0.2, 0) is 6.54 Å². The molecule has 1 spiro atoms. The second-order valence-electron chi connectivity index (χ2n) is 7.03. The van der Waals surface area contributed by atoms with Crippen LogP contribution < -0.4 is 4.90 Å². The minimum absolute atomic E-state index is 0.174. The number of hydrogen-bond acceptors (Lipinski definition) is 6. The summed E-state index contributed by atoms with van der Waals surface area (Å²) in [7, 11) is 0. The van der Waals surface area contributed by atoms with Crippen molar-refractivity contribution in [2.24, 2.45) is 11.3 Å². The van der Waals surface area contributed by atoms with E-state index in [-0.39, 0.29) is 12.0 Å². The minimum atomic E-state index is 0.174. The van der Waals surface area contributed by atoms with Crippen molar-refractivity contribution in [1.29, 1.82) is 0 Å². The van der Waals surface area contributed by atoms with Crippen LogP contribution in [0.3, 0.4) is 0 Å². The van der Waals surface area contributed by atoms with Crippen LogP contribution in [0.4, 0.5) is 5.95 Å². The van der Waals surface area contributed by atoms with Crippen LogP contribution in [0, 0.1) is 11.3 Å². The molecule has 2 saturated heterocycles. The Hall–Kier alpha value is -1.92. The first kappa shape index (κ1) is 15.6. The minimum Gasteiger partial charge on any atom is -0.468 e. The Kier molecular flexibility index (Phi) is 4.24. The van der Waals surface area contributed by atoms with Crippen molar-refractivity contribution in [2.75, 3.05) is 37.7 Å². The summed E-state index contributed by atoms with van der Waals surface area (Å²) in [5, 5.41) is 9.93. The van der Waals surface area contributed by atoms with Crippen LogP contribution in [0.25, 0.3) is 0 Å². The molecule has 0 amide bonds. The molecular formula is C18H24N4O2. The van der Waals surface area contributed by atoms with E-state index in [0.29, 0.717) is 5.92 Å². The molecule has 2 fully saturated rings. The van der Waals surface area contributed by atoms with Gasteiger partial charge in [-0.2, -0.15) is 0 Å². The van der Waals surface area contributed by atoms with Crippen LogP contribution in [-0.4, -0.2) is 52.8 Å². The maximum Gasteiger partial charge on any atom is 0.225 e. The van der Waals surface area contributed by atoms with Gasteiger partial charge in [0.1, 0.15) is 5.76 Å². The molecular weight excluding hydrogens is 304 g/mol. The molecule has 2 aliphatic rings. The quantitative estimate of drug-likeness (QED) is 0.923. The van der Waals surface area contributed by atoms with E-state index in [9.17, 15) is 5.11 Å². The lowest BCUT2D eigenvalue weighted by Gasteiger charge is -2.41. The SMILES string of the molecule is OCC1CN(c2ncccn2)CC12CCN(Cc1ccco1)CC2. The number of aromatic nitrogens is 2. The highest BCUT2D eigenvalue weighted by atomic mass is 16.3. The molecule has 6 heteroatoms. The zero-order valence-electron chi connectivity index (χ0n) is 13.8. The van der Waals surface area contributed by atoms with Crippen molar-refractivity contribution in [3.63, 3.8) is 0 Å². The lowest BCUT2D eigenvalue weighted by atomic mass is 9.71. The van der Waals surface area contributed by atoms with Crippen LogP contribution in [0.15, 0.2) is 41.3 Å². The van der Waals surface area contributed by atoms with E-state index in [0.717, 1.165) is 57.3 Å². The Labute approximate surface area is 142 Å². The van der Waals surface area contributed by atoms with Gasteiger partial charge in [-0.1, -0.05) is 0 Å². The summed E-state index contributed by atoms with van der Waals surface area (Å²) in [6.07, 6.45) is 7.50. The van der Waals surface area contributed by atoms with Gasteiger partial charge in [0.2, 0.25) is 5.95 Å². The van der Waals surface area contributed by atoms with Gasteiger partial charge in [-0.15, -0.1) is 0 Å². The number of nitrogens with zero attached hydrogens (tertiary/aromatic N) is 4. The molecule has 1 unspecified atom stereocenters. The van der Waals surface area contributed by atoms with E-state index >= 15 is 0 Å². The van der Waals surface area contributed by atoms with Gasteiger partial charge in [-0.3, -0.25) is 4.90 Å². The van der Waals surface area contributed by atoms with Gasteiger partial charge < -0.3 is 14.4 Å². The molecule has 6 nitrogen and oxygen atoms in total. The normalized spacial score (nSPS) is 23.9. The fraction of sp³-hybridized carbons (Fsp3) is 0.556. The van der Waals surface area contributed by atoms with E-state index in [1.807, 2.05) is 18.2 Å². The highest BCUT2D eigenvalue weighted by Crippen LogP contribution is 2.45. The predicted octanol–water partition coefficient (Wildman–Crippen LogP) is 1.78. The number of furan rings is 1. The third-order valence-electron chi connectivity index (χ3n) is 5.68. The molecule has 0 saturated carbocycles. The smallest absolute Gasteiger partial charge is 0.225 e. The summed E-state index contributed by atoms with van der Waals surface area (Å²) in [5.41, 5.74) is 0.174. The van der Waals surface area contributed by atoms with Gasteiger partial charge in [0.15, 0.2) is 0 Å². The van der Waals surface area contributed by atoms with Gasteiger partial charge in [-0.25, -0.2) is 9.97 Å². The second-order valence-corrected chi connectivity index (χ2v) is 7.03. The summed E-state index contributed by atoms with van der Waals surface area (Å²) < 4.78 is 5.46. The molecule has 2 aliphatic heterocycles. The number of piperidine rings is 1. The number of aliphatic hydroxyl groups excluding tert-OH is 1. The monoisotopic (exact) mass is 328 g/mol. The highest BCUT2D eigenvalue weighted by molar-refractivity contribution is 5.33. The highest BCUT2D eigenvalue weighted by Gasteiger charge is 2.48.